The number of piperidine rings is 1. The van der Waals surface area contributed by atoms with Gasteiger partial charge in [-0.25, -0.2) is 14.3 Å². The highest BCUT2D eigenvalue weighted by molar-refractivity contribution is 6.74. The summed E-state index contributed by atoms with van der Waals surface area (Å²) in [6.45, 7) is 14.3. The van der Waals surface area contributed by atoms with Crippen LogP contribution in [0.15, 0.2) is 58.1 Å². The number of amides is 1. The van der Waals surface area contributed by atoms with E-state index in [-0.39, 0.29) is 22.1 Å². The highest BCUT2D eigenvalue weighted by Crippen LogP contribution is 2.36. The first-order valence-corrected chi connectivity index (χ1v) is 19.3. The van der Waals surface area contributed by atoms with Crippen molar-refractivity contribution < 1.29 is 9.22 Å². The topological polar surface area (TPSA) is 117 Å². The van der Waals surface area contributed by atoms with Crippen molar-refractivity contribution in [1.29, 1.82) is 0 Å². The molecule has 1 aliphatic rings. The van der Waals surface area contributed by atoms with Crippen LogP contribution in [0.3, 0.4) is 0 Å². The molecular formula is C33H42Cl2N6O4Si. The summed E-state index contributed by atoms with van der Waals surface area (Å²) in [5.74, 6) is -0.244. The van der Waals surface area contributed by atoms with Crippen molar-refractivity contribution in [2.45, 2.75) is 64.8 Å². The number of carbonyl (C=O) groups excluding carboxylic acids is 1. The lowest BCUT2D eigenvalue weighted by atomic mass is 9.96. The van der Waals surface area contributed by atoms with Gasteiger partial charge in [-0.2, -0.15) is 0 Å². The van der Waals surface area contributed by atoms with Crippen molar-refractivity contribution in [2.75, 3.05) is 26.2 Å². The molecule has 1 aliphatic heterocycles. The molecule has 0 radical (unpaired) electrons. The molecule has 0 aliphatic carbocycles. The number of imidazole rings is 1. The fraction of sp³-hybridized carbons (Fsp3) is 0.455. The molecule has 2 aromatic carbocycles. The van der Waals surface area contributed by atoms with E-state index < -0.39 is 32.0 Å². The summed E-state index contributed by atoms with van der Waals surface area (Å²) >= 11 is 12.8. The summed E-state index contributed by atoms with van der Waals surface area (Å²) in [6, 6.07) is 14.1. The number of carbonyl (C=O) groups is 1. The molecule has 0 atom stereocenters. The van der Waals surface area contributed by atoms with Gasteiger partial charge >= 0.3 is 5.69 Å². The lowest BCUT2D eigenvalue weighted by Crippen LogP contribution is -2.45. The Labute approximate surface area is 279 Å². The van der Waals surface area contributed by atoms with Gasteiger partial charge in [0.1, 0.15) is 12.4 Å². The largest absolute Gasteiger partial charge is 0.416 e. The third kappa shape index (κ3) is 7.03. The van der Waals surface area contributed by atoms with Crippen LogP contribution in [0.5, 0.6) is 0 Å². The van der Waals surface area contributed by atoms with Crippen LogP contribution in [0.25, 0.3) is 28.2 Å². The summed E-state index contributed by atoms with van der Waals surface area (Å²) in [7, 11) is -1.82. The predicted molar refractivity (Wildman–Crippen MR) is 187 cm³/mol. The first-order chi connectivity index (χ1) is 21.7. The SMILES string of the molecule is CC(C)(C)[Si](C)(C)OCCN1CCC(Cn2c(=O)n(CC(N)=O)c(=O)c3c2nc(-c2ccccc2Cl)n3-c2ccc(Cl)cc2)CC1. The molecule has 0 bridgehead atoms. The van der Waals surface area contributed by atoms with Crippen LogP contribution in [0, 0.1) is 5.92 Å². The molecule has 0 spiro atoms. The standard InChI is InChI=1S/C33H42Cl2N6O4Si/c1-33(2,3)46(4,5)45-19-18-38-16-14-22(15-17-38)20-39-30-28(31(43)40(32(39)44)21-27(36)42)41(24-12-10-23(34)11-13-24)29(37-30)25-8-6-7-9-26(25)35/h6-13,22H,14-21H2,1-5H3,(H2,36,42). The zero-order valence-electron chi connectivity index (χ0n) is 27.1. The minimum Gasteiger partial charge on any atom is -0.416 e. The Morgan fingerprint density at radius 1 is 1.02 bits per heavy atom. The van der Waals surface area contributed by atoms with E-state index in [1.165, 1.54) is 4.57 Å². The van der Waals surface area contributed by atoms with Gasteiger partial charge in [0.05, 0.1) is 5.02 Å². The molecule has 2 N–H and O–H groups in total. The normalized spacial score (nSPS) is 15.1. The minimum atomic E-state index is -1.82. The van der Waals surface area contributed by atoms with E-state index in [9.17, 15) is 14.4 Å². The molecule has 46 heavy (non-hydrogen) atoms. The maximum atomic E-state index is 14.0. The first kappa shape index (κ1) is 34.1. The number of hydrogen-bond donors (Lipinski definition) is 1. The smallest absolute Gasteiger partial charge is 0.333 e. The third-order valence-corrected chi connectivity index (χ3v) is 14.5. The van der Waals surface area contributed by atoms with Crippen molar-refractivity contribution >= 4 is 48.6 Å². The number of hydrogen-bond acceptors (Lipinski definition) is 6. The Bertz CT molecular complexity index is 1850. The number of benzene rings is 2. The van der Waals surface area contributed by atoms with Gasteiger partial charge in [0.25, 0.3) is 5.56 Å². The summed E-state index contributed by atoms with van der Waals surface area (Å²) < 4.78 is 10.5. The molecular weight excluding hydrogens is 643 g/mol. The first-order valence-electron chi connectivity index (χ1n) is 15.6. The average Bonchev–Trinajstić information content (AvgIpc) is 3.38. The number of halogens is 2. The Balaban J connectivity index is 1.52. The van der Waals surface area contributed by atoms with E-state index in [1.807, 2.05) is 18.2 Å². The van der Waals surface area contributed by atoms with Crippen molar-refractivity contribution in [3.05, 3.63) is 79.4 Å². The molecule has 3 heterocycles. The van der Waals surface area contributed by atoms with Gasteiger partial charge in [0, 0.05) is 36.0 Å². The van der Waals surface area contributed by atoms with E-state index >= 15 is 0 Å². The van der Waals surface area contributed by atoms with Gasteiger partial charge in [-0.15, -0.1) is 0 Å². The molecule has 1 saturated heterocycles. The maximum Gasteiger partial charge on any atom is 0.333 e. The Morgan fingerprint density at radius 3 is 2.28 bits per heavy atom. The molecule has 4 aromatic rings. The van der Waals surface area contributed by atoms with Crippen LogP contribution < -0.4 is 17.0 Å². The van der Waals surface area contributed by atoms with Gasteiger partial charge in [0.2, 0.25) is 5.91 Å². The lowest BCUT2D eigenvalue weighted by molar-refractivity contribution is -0.118. The van der Waals surface area contributed by atoms with Crippen LogP contribution in [0.1, 0.15) is 33.6 Å². The Kier molecular flexibility index (Phi) is 10.0. The van der Waals surface area contributed by atoms with Crippen molar-refractivity contribution in [3.8, 4) is 17.1 Å². The van der Waals surface area contributed by atoms with E-state index in [1.54, 1.807) is 34.9 Å². The zero-order valence-corrected chi connectivity index (χ0v) is 29.6. The van der Waals surface area contributed by atoms with Gasteiger partial charge < -0.3 is 15.1 Å². The lowest BCUT2D eigenvalue weighted by Gasteiger charge is -2.37. The molecule has 5 rings (SSSR count). The van der Waals surface area contributed by atoms with Crippen molar-refractivity contribution in [2.24, 2.45) is 11.7 Å². The Hall–Kier alpha value is -3.22. The number of fused-ring (bicyclic) bond motifs is 1. The number of aromatic nitrogens is 4. The summed E-state index contributed by atoms with van der Waals surface area (Å²) in [5.41, 5.74) is 5.80. The quantitative estimate of drug-likeness (QED) is 0.219. The molecule has 0 unspecified atom stereocenters. The second-order valence-electron chi connectivity index (χ2n) is 13.5. The molecule has 1 amide bonds. The summed E-state index contributed by atoms with van der Waals surface area (Å²) in [4.78, 5) is 47.3. The third-order valence-electron chi connectivity index (χ3n) is 9.36. The van der Waals surface area contributed by atoms with Crippen LogP contribution in [-0.2, 0) is 22.3 Å². The second kappa shape index (κ2) is 13.5. The maximum absolute atomic E-state index is 14.0. The highest BCUT2D eigenvalue weighted by atomic mass is 35.5. The van der Waals surface area contributed by atoms with E-state index in [0.717, 1.165) is 37.0 Å². The van der Waals surface area contributed by atoms with Crippen LogP contribution in [-0.4, -0.2) is 64.1 Å². The van der Waals surface area contributed by atoms with Gasteiger partial charge in [-0.1, -0.05) is 56.1 Å². The minimum absolute atomic E-state index is 0.151. The molecule has 246 valence electrons. The molecule has 13 heteroatoms. The zero-order chi connectivity index (χ0) is 33.4. The van der Waals surface area contributed by atoms with Crippen molar-refractivity contribution in [1.82, 2.24) is 23.6 Å². The monoisotopic (exact) mass is 684 g/mol. The van der Waals surface area contributed by atoms with Crippen molar-refractivity contribution in [3.63, 3.8) is 0 Å². The number of nitrogens with zero attached hydrogens (tertiary/aromatic N) is 5. The Morgan fingerprint density at radius 2 is 1.67 bits per heavy atom. The molecule has 2 aromatic heterocycles. The molecule has 1 fully saturated rings. The number of primary amides is 1. The second-order valence-corrected chi connectivity index (χ2v) is 19.2. The predicted octanol–water partition coefficient (Wildman–Crippen LogP) is 5.54. The fourth-order valence-electron chi connectivity index (χ4n) is 5.66. The van der Waals surface area contributed by atoms with Gasteiger partial charge in [-0.05, 0) is 86.4 Å². The van der Waals surface area contributed by atoms with E-state index in [0.29, 0.717) is 40.3 Å². The van der Waals surface area contributed by atoms with Crippen LogP contribution in [0.4, 0.5) is 0 Å². The summed E-state index contributed by atoms with van der Waals surface area (Å²) in [5, 5.41) is 1.12. The number of nitrogens with two attached hydrogens (primary N) is 1. The van der Waals surface area contributed by atoms with E-state index in [4.69, 9.17) is 38.3 Å². The van der Waals surface area contributed by atoms with Gasteiger partial charge in [-0.3, -0.25) is 18.7 Å². The highest BCUT2D eigenvalue weighted by Gasteiger charge is 2.37. The molecule has 0 saturated carbocycles. The number of rotatable bonds is 10. The van der Waals surface area contributed by atoms with Gasteiger partial charge in [0.15, 0.2) is 19.5 Å². The van der Waals surface area contributed by atoms with E-state index in [2.05, 4.69) is 38.8 Å². The van der Waals surface area contributed by atoms with Crippen LogP contribution in [0.2, 0.25) is 28.2 Å². The average molecular weight is 686 g/mol. The summed E-state index contributed by atoms with van der Waals surface area (Å²) in [6.07, 6.45) is 1.72. The number of likely N-dealkylation sites (tertiary alicyclic amines) is 1. The van der Waals surface area contributed by atoms with Crippen LogP contribution >= 0.6 is 23.2 Å². The fourth-order valence-corrected chi connectivity index (χ4v) is 7.04. The molecule has 10 nitrogen and oxygen atoms in total.